The Labute approximate surface area is 76.2 Å². The first-order valence-corrected chi connectivity index (χ1v) is 6.36. The van der Waals surface area contributed by atoms with Crippen LogP contribution in [-0.4, -0.2) is 41.9 Å². The zero-order valence-corrected chi connectivity index (χ0v) is 8.55. The average Bonchev–Trinajstić information content (AvgIpc) is 1.80. The maximum absolute atomic E-state index is 10.8. The van der Waals surface area contributed by atoms with Gasteiger partial charge in [-0.15, -0.1) is 0 Å². The molecule has 0 heterocycles. The van der Waals surface area contributed by atoms with Crippen molar-refractivity contribution in [2.45, 2.75) is 0 Å². The fourth-order valence-electron chi connectivity index (χ4n) is 0.440. The summed E-state index contributed by atoms with van der Waals surface area (Å²) in [7, 11) is -7.31. The summed E-state index contributed by atoms with van der Waals surface area (Å²) in [6.07, 6.45) is 0.613. The lowest BCUT2D eigenvalue weighted by atomic mass is 10.8. The van der Waals surface area contributed by atoms with E-state index in [0.29, 0.717) is 6.26 Å². The number of esters is 1. The first-order chi connectivity index (χ1) is 5.66. The molecule has 0 aromatic heterocycles. The Morgan fingerprint density at radius 3 is 2.08 bits per heavy atom. The largest absolute Gasteiger partial charge is 0.468 e. The van der Waals surface area contributed by atoms with E-state index in [0.717, 1.165) is 7.11 Å². The molecule has 0 fully saturated rings. The minimum Gasteiger partial charge on any atom is -0.468 e. The van der Waals surface area contributed by atoms with Gasteiger partial charge in [0.05, 0.1) is 27.2 Å². The lowest BCUT2D eigenvalue weighted by Crippen LogP contribution is -2.18. The van der Waals surface area contributed by atoms with Crippen LogP contribution in [0.5, 0.6) is 0 Å². The van der Waals surface area contributed by atoms with Crippen LogP contribution in [0.2, 0.25) is 0 Å². The molecule has 0 spiro atoms. The molecule has 0 aliphatic carbocycles. The topological polar surface area (TPSA) is 109 Å². The summed E-state index contributed by atoms with van der Waals surface area (Å²) in [5.41, 5.74) is 0. The molecule has 7 nitrogen and oxygen atoms in total. The highest BCUT2D eigenvalue weighted by Gasteiger charge is 2.10. The number of nitrogens with zero attached hydrogens (tertiary/aromatic N) is 1. The number of carbonyl (C=O) groups is 1. The van der Waals surface area contributed by atoms with Gasteiger partial charge in [0.1, 0.15) is 5.75 Å². The highest BCUT2D eigenvalue weighted by atomic mass is 32.3. The van der Waals surface area contributed by atoms with Gasteiger partial charge in [-0.05, 0) is 0 Å². The SMILES string of the molecule is COC(=O)CS(=O)(=O)[N-]S(C)(=O)=O. The van der Waals surface area contributed by atoms with Gasteiger partial charge in [-0.25, -0.2) is 16.8 Å². The molecule has 0 amide bonds. The molecule has 0 saturated carbocycles. The van der Waals surface area contributed by atoms with Gasteiger partial charge in [0.15, 0.2) is 0 Å². The molecule has 78 valence electrons. The summed E-state index contributed by atoms with van der Waals surface area (Å²) in [5, 5.41) is 0. The van der Waals surface area contributed by atoms with Gasteiger partial charge in [0.2, 0.25) is 0 Å². The fourth-order valence-corrected chi connectivity index (χ4v) is 2.72. The minimum absolute atomic E-state index is 0.613. The Hall–Kier alpha value is -0.670. The Morgan fingerprint density at radius 1 is 1.31 bits per heavy atom. The molecule has 0 N–H and O–H groups in total. The van der Waals surface area contributed by atoms with Gasteiger partial charge in [0, 0.05) is 6.26 Å². The normalized spacial score (nSPS) is 12.5. The number of sulfonamides is 2. The maximum atomic E-state index is 10.8. The summed E-state index contributed by atoms with van der Waals surface area (Å²) < 4.78 is 48.9. The quantitative estimate of drug-likeness (QED) is 0.562. The monoisotopic (exact) mass is 230 g/mol. The smallest absolute Gasteiger partial charge is 0.319 e. The van der Waals surface area contributed by atoms with Crippen LogP contribution in [0.3, 0.4) is 0 Å². The average molecular weight is 230 g/mol. The van der Waals surface area contributed by atoms with Gasteiger partial charge < -0.3 is 8.86 Å². The third-order valence-corrected chi connectivity index (χ3v) is 3.37. The molecule has 0 bridgehead atoms. The van der Waals surface area contributed by atoms with Crippen molar-refractivity contribution in [3.05, 3.63) is 4.13 Å². The third-order valence-electron chi connectivity index (χ3n) is 0.777. The summed E-state index contributed by atoms with van der Waals surface area (Å²) in [5.74, 6) is -2.14. The van der Waals surface area contributed by atoms with Gasteiger partial charge in [-0.2, -0.15) is 0 Å². The lowest BCUT2D eigenvalue weighted by molar-refractivity contribution is -0.137. The van der Waals surface area contributed by atoms with Crippen molar-refractivity contribution in [2.24, 2.45) is 0 Å². The number of methoxy groups -OCH3 is 1. The van der Waals surface area contributed by atoms with Crippen molar-refractivity contribution in [1.82, 2.24) is 0 Å². The first-order valence-electron chi connectivity index (χ1n) is 2.90. The van der Waals surface area contributed by atoms with Crippen molar-refractivity contribution in [1.29, 1.82) is 0 Å². The van der Waals surface area contributed by atoms with E-state index in [4.69, 9.17) is 0 Å². The van der Waals surface area contributed by atoms with Crippen molar-refractivity contribution in [3.8, 4) is 0 Å². The summed E-state index contributed by atoms with van der Waals surface area (Å²) in [6, 6.07) is 0. The highest BCUT2D eigenvalue weighted by molar-refractivity contribution is 8.12. The molecule has 0 unspecified atom stereocenters. The van der Waals surface area contributed by atoms with E-state index in [1.165, 1.54) is 0 Å². The summed E-state index contributed by atoms with van der Waals surface area (Å²) >= 11 is 0. The van der Waals surface area contributed by atoms with E-state index in [1.54, 1.807) is 0 Å². The summed E-state index contributed by atoms with van der Waals surface area (Å²) in [4.78, 5) is 10.5. The van der Waals surface area contributed by atoms with E-state index >= 15 is 0 Å². The van der Waals surface area contributed by atoms with Crippen molar-refractivity contribution < 1.29 is 26.4 Å². The van der Waals surface area contributed by atoms with Gasteiger partial charge in [-0.3, -0.25) is 4.79 Å². The number of ether oxygens (including phenoxy) is 1. The number of hydrogen-bond donors (Lipinski definition) is 0. The Balaban J connectivity index is 4.54. The van der Waals surface area contributed by atoms with Crippen molar-refractivity contribution in [2.75, 3.05) is 19.1 Å². The van der Waals surface area contributed by atoms with Gasteiger partial charge in [0.25, 0.3) is 0 Å². The zero-order chi connectivity index (χ0) is 10.7. The van der Waals surface area contributed by atoms with E-state index in [1.807, 2.05) is 0 Å². The standard InChI is InChI=1S/C4H8NO6S2/c1-11-4(6)3-13(9,10)5-12(2,7)8/h3H2,1-2H3/q-1. The van der Waals surface area contributed by atoms with Crippen LogP contribution >= 0.6 is 0 Å². The Bertz CT molecular complexity index is 379. The zero-order valence-electron chi connectivity index (χ0n) is 6.92. The molecule has 0 aliphatic rings. The van der Waals surface area contributed by atoms with E-state index in [-0.39, 0.29) is 0 Å². The molecule has 0 radical (unpaired) electrons. The van der Waals surface area contributed by atoms with Gasteiger partial charge in [-0.1, -0.05) is 0 Å². The summed E-state index contributed by atoms with van der Waals surface area (Å²) in [6.45, 7) is 0. The van der Waals surface area contributed by atoms with Crippen molar-refractivity contribution in [3.63, 3.8) is 0 Å². The molecule has 0 aromatic rings. The second-order valence-electron chi connectivity index (χ2n) is 2.11. The second-order valence-corrected chi connectivity index (χ2v) is 5.62. The Kier molecular flexibility index (Phi) is 3.82. The van der Waals surface area contributed by atoms with Crippen LogP contribution in [0, 0.1) is 0 Å². The molecular formula is C4H8NO6S2-. The maximum Gasteiger partial charge on any atom is 0.319 e. The van der Waals surface area contributed by atoms with Gasteiger partial charge >= 0.3 is 5.97 Å². The minimum atomic E-state index is -4.29. The molecule has 0 atom stereocenters. The van der Waals surface area contributed by atoms with Crippen molar-refractivity contribution >= 4 is 26.0 Å². The predicted molar refractivity (Wildman–Crippen MR) is 44.0 cm³/mol. The van der Waals surface area contributed by atoms with E-state index in [9.17, 15) is 21.6 Å². The van der Waals surface area contributed by atoms with Crippen LogP contribution < -0.4 is 0 Å². The molecule has 13 heavy (non-hydrogen) atoms. The van der Waals surface area contributed by atoms with Crippen LogP contribution in [0.1, 0.15) is 0 Å². The second kappa shape index (κ2) is 4.03. The predicted octanol–water partition coefficient (Wildman–Crippen LogP) is -1.18. The molecular weight excluding hydrogens is 222 g/mol. The molecule has 0 saturated heterocycles. The van der Waals surface area contributed by atoms with Crippen LogP contribution in [-0.2, 0) is 29.6 Å². The first kappa shape index (κ1) is 12.3. The Morgan fingerprint density at radius 2 is 1.77 bits per heavy atom. The molecule has 0 aromatic carbocycles. The lowest BCUT2D eigenvalue weighted by Gasteiger charge is -2.15. The van der Waals surface area contributed by atoms with Crippen LogP contribution in [0.4, 0.5) is 0 Å². The van der Waals surface area contributed by atoms with Crippen LogP contribution in [0.15, 0.2) is 0 Å². The van der Waals surface area contributed by atoms with E-state index in [2.05, 4.69) is 8.86 Å². The number of rotatable bonds is 4. The fraction of sp³-hybridized carbons (Fsp3) is 0.750. The molecule has 9 heteroatoms. The molecule has 0 aliphatic heterocycles. The molecule has 0 rings (SSSR count). The highest BCUT2D eigenvalue weighted by Crippen LogP contribution is 2.08. The van der Waals surface area contributed by atoms with E-state index < -0.39 is 31.8 Å². The third kappa shape index (κ3) is 6.49. The van der Waals surface area contributed by atoms with Crippen LogP contribution in [0.25, 0.3) is 4.13 Å². The number of hydrogen-bond acceptors (Lipinski definition) is 6. The number of carbonyl (C=O) groups excluding carboxylic acids is 1.